The topological polar surface area (TPSA) is 72.8 Å². The number of ether oxygens (including phenoxy) is 2. The lowest BCUT2D eigenvalue weighted by Gasteiger charge is -2.27. The van der Waals surface area contributed by atoms with E-state index in [-0.39, 0.29) is 17.5 Å². The molecule has 2 rings (SSSR count). The summed E-state index contributed by atoms with van der Waals surface area (Å²) in [6, 6.07) is 6.42. The number of hydrogen-bond donors (Lipinski definition) is 1. The van der Waals surface area contributed by atoms with Crippen molar-refractivity contribution in [3.05, 3.63) is 29.8 Å². The molecule has 0 spiro atoms. The minimum absolute atomic E-state index is 0.0334. The Morgan fingerprint density at radius 1 is 1.14 bits per heavy atom. The molecule has 1 aromatic rings. The van der Waals surface area contributed by atoms with Crippen LogP contribution in [0.5, 0.6) is 5.75 Å². The Balaban J connectivity index is 1.74. The number of rotatable bonds is 6. The molecule has 0 aromatic heterocycles. The summed E-state index contributed by atoms with van der Waals surface area (Å²) >= 11 is 0. The lowest BCUT2D eigenvalue weighted by Crippen LogP contribution is -2.26. The van der Waals surface area contributed by atoms with Crippen molar-refractivity contribution >= 4 is 11.9 Å². The summed E-state index contributed by atoms with van der Waals surface area (Å²) in [5.74, 6) is 0.128. The Morgan fingerprint density at radius 3 is 2.32 bits per heavy atom. The molecule has 1 fully saturated rings. The van der Waals surface area contributed by atoms with Gasteiger partial charge in [-0.3, -0.25) is 4.79 Å². The normalized spacial score (nSPS) is 21.1. The van der Waals surface area contributed by atoms with Gasteiger partial charge in [0.2, 0.25) is 0 Å². The number of carbonyl (C=O) groups excluding carboxylic acids is 1. The smallest absolute Gasteiger partial charge is 0.335 e. The number of carboxylic acids is 1. The van der Waals surface area contributed by atoms with Crippen LogP contribution in [0.3, 0.4) is 0 Å². The summed E-state index contributed by atoms with van der Waals surface area (Å²) in [7, 11) is 0. The third-order valence-corrected chi connectivity index (χ3v) is 4.05. The second kappa shape index (κ2) is 7.82. The van der Waals surface area contributed by atoms with Crippen LogP contribution < -0.4 is 4.74 Å². The molecular weight excluding hydrogens is 284 g/mol. The largest absolute Gasteiger partial charge is 0.493 e. The molecule has 1 aromatic carbocycles. The van der Waals surface area contributed by atoms with Gasteiger partial charge in [0.1, 0.15) is 5.75 Å². The molecule has 22 heavy (non-hydrogen) atoms. The summed E-state index contributed by atoms with van der Waals surface area (Å²) in [5, 5.41) is 8.84. The lowest BCUT2D eigenvalue weighted by atomic mass is 9.82. The number of carbonyl (C=O) groups is 2. The van der Waals surface area contributed by atoms with Crippen molar-refractivity contribution in [2.45, 2.75) is 32.6 Å². The highest BCUT2D eigenvalue weighted by Crippen LogP contribution is 2.30. The molecule has 0 radical (unpaired) electrons. The average Bonchev–Trinajstić information content (AvgIpc) is 2.54. The Labute approximate surface area is 130 Å². The Hall–Kier alpha value is -2.04. The van der Waals surface area contributed by atoms with E-state index in [1.54, 1.807) is 12.1 Å². The van der Waals surface area contributed by atoms with Crippen LogP contribution in [0.15, 0.2) is 24.3 Å². The third-order valence-electron chi connectivity index (χ3n) is 4.05. The molecule has 0 atom stereocenters. The fourth-order valence-electron chi connectivity index (χ4n) is 2.73. The van der Waals surface area contributed by atoms with Crippen LogP contribution in [0.25, 0.3) is 0 Å². The highest BCUT2D eigenvalue weighted by Gasteiger charge is 2.27. The van der Waals surface area contributed by atoms with Gasteiger partial charge in [0.05, 0.1) is 24.7 Å². The molecule has 0 heterocycles. The molecule has 0 unspecified atom stereocenters. The second-order valence-electron chi connectivity index (χ2n) is 5.61. The minimum atomic E-state index is -0.941. The number of aromatic carboxylic acids is 1. The van der Waals surface area contributed by atoms with Crippen LogP contribution >= 0.6 is 0 Å². The molecule has 0 saturated heterocycles. The van der Waals surface area contributed by atoms with Gasteiger partial charge in [-0.05, 0) is 62.8 Å². The summed E-state index contributed by atoms with van der Waals surface area (Å²) < 4.78 is 10.8. The van der Waals surface area contributed by atoms with Crippen LogP contribution in [0, 0.1) is 11.8 Å². The van der Waals surface area contributed by atoms with Crippen molar-refractivity contribution in [1.82, 2.24) is 0 Å². The number of esters is 1. The summed E-state index contributed by atoms with van der Waals surface area (Å²) in [4.78, 5) is 22.4. The van der Waals surface area contributed by atoms with E-state index in [0.29, 0.717) is 24.9 Å². The zero-order valence-electron chi connectivity index (χ0n) is 12.8. The lowest BCUT2D eigenvalue weighted by molar-refractivity contribution is -0.149. The molecule has 120 valence electrons. The first-order valence-electron chi connectivity index (χ1n) is 7.73. The van der Waals surface area contributed by atoms with E-state index in [2.05, 4.69) is 0 Å². The first-order valence-corrected chi connectivity index (χ1v) is 7.73. The zero-order valence-corrected chi connectivity index (χ0v) is 12.8. The van der Waals surface area contributed by atoms with Gasteiger partial charge in [-0.15, -0.1) is 0 Å². The fraction of sp³-hybridized carbons (Fsp3) is 0.529. The first-order chi connectivity index (χ1) is 10.6. The molecule has 0 amide bonds. The van der Waals surface area contributed by atoms with Gasteiger partial charge in [0.15, 0.2) is 0 Å². The van der Waals surface area contributed by atoms with Crippen LogP contribution in [0.1, 0.15) is 43.0 Å². The van der Waals surface area contributed by atoms with Gasteiger partial charge in [-0.25, -0.2) is 4.79 Å². The predicted octanol–water partition coefficient (Wildman–Crippen LogP) is 3.13. The number of hydrogen-bond acceptors (Lipinski definition) is 4. The van der Waals surface area contributed by atoms with Crippen molar-refractivity contribution < 1.29 is 24.2 Å². The third kappa shape index (κ3) is 4.48. The zero-order chi connectivity index (χ0) is 15.9. The first kappa shape index (κ1) is 16.3. The molecular formula is C17H22O5. The second-order valence-corrected chi connectivity index (χ2v) is 5.61. The minimum Gasteiger partial charge on any atom is -0.493 e. The van der Waals surface area contributed by atoms with Gasteiger partial charge < -0.3 is 14.6 Å². The SMILES string of the molecule is CCOC(=O)C1CCC(COc2ccc(C(=O)O)cc2)CC1. The van der Waals surface area contributed by atoms with Gasteiger partial charge in [0.25, 0.3) is 0 Å². The highest BCUT2D eigenvalue weighted by molar-refractivity contribution is 5.87. The van der Waals surface area contributed by atoms with Crippen LogP contribution in [-0.2, 0) is 9.53 Å². The van der Waals surface area contributed by atoms with Gasteiger partial charge in [0, 0.05) is 0 Å². The molecule has 5 heteroatoms. The van der Waals surface area contributed by atoms with Crippen molar-refractivity contribution in [3.63, 3.8) is 0 Å². The van der Waals surface area contributed by atoms with E-state index in [9.17, 15) is 9.59 Å². The van der Waals surface area contributed by atoms with Crippen LogP contribution in [0.2, 0.25) is 0 Å². The van der Waals surface area contributed by atoms with Crippen molar-refractivity contribution in [1.29, 1.82) is 0 Å². The maximum absolute atomic E-state index is 11.7. The predicted molar refractivity (Wildman–Crippen MR) is 81.0 cm³/mol. The van der Waals surface area contributed by atoms with Gasteiger partial charge in [-0.2, -0.15) is 0 Å². The van der Waals surface area contributed by atoms with Crippen LogP contribution in [0.4, 0.5) is 0 Å². The Kier molecular flexibility index (Phi) is 5.81. The van der Waals surface area contributed by atoms with E-state index in [1.807, 2.05) is 6.92 Å². The molecule has 1 aliphatic rings. The van der Waals surface area contributed by atoms with E-state index < -0.39 is 5.97 Å². The number of benzene rings is 1. The quantitative estimate of drug-likeness (QED) is 0.817. The molecule has 0 bridgehead atoms. The van der Waals surface area contributed by atoms with Crippen molar-refractivity contribution in [3.8, 4) is 5.75 Å². The van der Waals surface area contributed by atoms with Gasteiger partial charge in [-0.1, -0.05) is 0 Å². The van der Waals surface area contributed by atoms with Crippen molar-refractivity contribution in [2.24, 2.45) is 11.8 Å². The molecule has 1 aliphatic carbocycles. The Morgan fingerprint density at radius 2 is 1.77 bits per heavy atom. The number of carboxylic acid groups (broad SMARTS) is 1. The maximum atomic E-state index is 11.7. The van der Waals surface area contributed by atoms with Crippen molar-refractivity contribution in [2.75, 3.05) is 13.2 Å². The average molecular weight is 306 g/mol. The summed E-state index contributed by atoms with van der Waals surface area (Å²) in [6.45, 7) is 2.86. The summed E-state index contributed by atoms with van der Waals surface area (Å²) in [6.07, 6.45) is 3.61. The van der Waals surface area contributed by atoms with E-state index in [4.69, 9.17) is 14.6 Å². The van der Waals surface area contributed by atoms with Gasteiger partial charge >= 0.3 is 11.9 Å². The summed E-state index contributed by atoms with van der Waals surface area (Å²) in [5.41, 5.74) is 0.252. The highest BCUT2D eigenvalue weighted by atomic mass is 16.5. The monoisotopic (exact) mass is 306 g/mol. The molecule has 0 aliphatic heterocycles. The van der Waals surface area contributed by atoms with E-state index >= 15 is 0 Å². The molecule has 1 N–H and O–H groups in total. The van der Waals surface area contributed by atoms with E-state index in [0.717, 1.165) is 25.7 Å². The Bertz CT molecular complexity index is 500. The van der Waals surface area contributed by atoms with E-state index in [1.165, 1.54) is 12.1 Å². The standard InChI is InChI=1S/C17H22O5/c1-2-21-17(20)14-5-3-12(4-6-14)11-22-15-9-7-13(8-10-15)16(18)19/h7-10,12,14H,2-6,11H2,1H3,(H,18,19). The molecule has 1 saturated carbocycles. The molecule has 5 nitrogen and oxygen atoms in total. The fourth-order valence-corrected chi connectivity index (χ4v) is 2.73. The van der Waals surface area contributed by atoms with Crippen LogP contribution in [-0.4, -0.2) is 30.3 Å². The maximum Gasteiger partial charge on any atom is 0.335 e.